The summed E-state index contributed by atoms with van der Waals surface area (Å²) in [5, 5.41) is 6.22. The van der Waals surface area contributed by atoms with Gasteiger partial charge in [-0.05, 0) is 42.7 Å². The molecule has 0 fully saturated rings. The number of aryl methyl sites for hydroxylation is 2. The Morgan fingerprint density at radius 1 is 1.13 bits per heavy atom. The molecule has 0 atom stereocenters. The molecule has 0 aliphatic rings. The monoisotopic (exact) mass is 312 g/mol. The lowest BCUT2D eigenvalue weighted by atomic mass is 10.1. The van der Waals surface area contributed by atoms with Crippen LogP contribution in [0.4, 0.5) is 5.69 Å². The first kappa shape index (κ1) is 17.0. The van der Waals surface area contributed by atoms with Crippen LogP contribution in [0.1, 0.15) is 23.1 Å². The molecular formula is C19H24N2O2. The van der Waals surface area contributed by atoms with Crippen molar-refractivity contribution in [3.63, 3.8) is 0 Å². The summed E-state index contributed by atoms with van der Waals surface area (Å²) in [5.41, 5.74) is 4.32. The van der Waals surface area contributed by atoms with Crippen LogP contribution in [0, 0.1) is 13.8 Å². The van der Waals surface area contributed by atoms with E-state index in [0.29, 0.717) is 18.7 Å². The quantitative estimate of drug-likeness (QED) is 0.770. The topological polar surface area (TPSA) is 50.4 Å². The Kier molecular flexibility index (Phi) is 6.18. The van der Waals surface area contributed by atoms with Gasteiger partial charge < -0.3 is 15.4 Å². The van der Waals surface area contributed by atoms with Crippen molar-refractivity contribution < 1.29 is 9.53 Å². The third-order valence-corrected chi connectivity index (χ3v) is 3.73. The van der Waals surface area contributed by atoms with E-state index in [0.717, 1.165) is 17.8 Å². The highest BCUT2D eigenvalue weighted by Crippen LogP contribution is 2.25. The molecule has 0 unspecified atom stereocenters. The summed E-state index contributed by atoms with van der Waals surface area (Å²) < 4.78 is 5.27. The molecular weight excluding hydrogens is 288 g/mol. The van der Waals surface area contributed by atoms with E-state index in [4.69, 9.17) is 4.74 Å². The van der Waals surface area contributed by atoms with Gasteiger partial charge in [-0.15, -0.1) is 0 Å². The first-order valence-electron chi connectivity index (χ1n) is 7.80. The Morgan fingerprint density at radius 3 is 2.65 bits per heavy atom. The smallest absolute Gasteiger partial charge is 0.225 e. The maximum atomic E-state index is 12.1. The largest absolute Gasteiger partial charge is 0.495 e. The predicted molar refractivity (Wildman–Crippen MR) is 93.9 cm³/mol. The molecule has 0 saturated carbocycles. The highest BCUT2D eigenvalue weighted by Gasteiger charge is 2.07. The van der Waals surface area contributed by atoms with Crippen LogP contribution in [0.3, 0.4) is 0 Å². The number of carbonyl (C=O) groups is 1. The zero-order valence-corrected chi connectivity index (χ0v) is 14.0. The predicted octanol–water partition coefficient (Wildman–Crippen LogP) is 3.43. The zero-order valence-electron chi connectivity index (χ0n) is 14.0. The van der Waals surface area contributed by atoms with E-state index in [1.54, 1.807) is 7.11 Å². The van der Waals surface area contributed by atoms with Gasteiger partial charge >= 0.3 is 0 Å². The summed E-state index contributed by atoms with van der Waals surface area (Å²) in [6, 6.07) is 14.0. The van der Waals surface area contributed by atoms with Crippen LogP contribution in [-0.4, -0.2) is 19.6 Å². The molecule has 0 aliphatic carbocycles. The second-order valence-electron chi connectivity index (χ2n) is 5.61. The van der Waals surface area contributed by atoms with Crippen molar-refractivity contribution in [2.24, 2.45) is 0 Å². The van der Waals surface area contributed by atoms with Crippen LogP contribution in [0.2, 0.25) is 0 Å². The van der Waals surface area contributed by atoms with Gasteiger partial charge in [0.05, 0.1) is 12.8 Å². The normalized spacial score (nSPS) is 10.4. The third kappa shape index (κ3) is 5.11. The summed E-state index contributed by atoms with van der Waals surface area (Å²) in [5.74, 6) is 0.656. The number of benzene rings is 2. The van der Waals surface area contributed by atoms with E-state index in [-0.39, 0.29) is 5.91 Å². The second-order valence-corrected chi connectivity index (χ2v) is 5.61. The molecule has 23 heavy (non-hydrogen) atoms. The number of carbonyl (C=O) groups excluding carboxylic acids is 1. The molecule has 2 aromatic rings. The number of amides is 1. The maximum Gasteiger partial charge on any atom is 0.225 e. The van der Waals surface area contributed by atoms with E-state index in [1.807, 2.05) is 37.3 Å². The Hall–Kier alpha value is -2.33. The van der Waals surface area contributed by atoms with Crippen molar-refractivity contribution in [1.82, 2.24) is 5.32 Å². The molecule has 0 bridgehead atoms. The maximum absolute atomic E-state index is 12.1. The van der Waals surface area contributed by atoms with Gasteiger partial charge in [-0.3, -0.25) is 4.79 Å². The third-order valence-electron chi connectivity index (χ3n) is 3.73. The van der Waals surface area contributed by atoms with Gasteiger partial charge in [0, 0.05) is 19.5 Å². The van der Waals surface area contributed by atoms with E-state index < -0.39 is 0 Å². The van der Waals surface area contributed by atoms with Crippen LogP contribution in [0.15, 0.2) is 42.5 Å². The fourth-order valence-corrected chi connectivity index (χ4v) is 2.37. The average molecular weight is 312 g/mol. The van der Waals surface area contributed by atoms with Gasteiger partial charge in [0.1, 0.15) is 5.75 Å². The van der Waals surface area contributed by atoms with Crippen molar-refractivity contribution in [2.75, 3.05) is 19.0 Å². The van der Waals surface area contributed by atoms with Crippen molar-refractivity contribution >= 4 is 11.6 Å². The molecule has 1 amide bonds. The van der Waals surface area contributed by atoms with Crippen molar-refractivity contribution in [3.8, 4) is 5.75 Å². The molecule has 4 heteroatoms. The summed E-state index contributed by atoms with van der Waals surface area (Å²) in [6.45, 7) is 5.48. The lowest BCUT2D eigenvalue weighted by Gasteiger charge is -2.11. The second kappa shape index (κ2) is 8.34. The molecule has 0 heterocycles. The number of methoxy groups -OCH3 is 1. The molecule has 2 N–H and O–H groups in total. The van der Waals surface area contributed by atoms with Crippen LogP contribution < -0.4 is 15.4 Å². The molecule has 2 rings (SSSR count). The molecule has 0 spiro atoms. The van der Waals surface area contributed by atoms with Crippen molar-refractivity contribution in [1.29, 1.82) is 0 Å². The van der Waals surface area contributed by atoms with Crippen molar-refractivity contribution in [3.05, 3.63) is 59.2 Å². The molecule has 0 aromatic heterocycles. The number of rotatable bonds is 7. The van der Waals surface area contributed by atoms with Crippen LogP contribution in [-0.2, 0) is 11.3 Å². The van der Waals surface area contributed by atoms with E-state index >= 15 is 0 Å². The van der Waals surface area contributed by atoms with E-state index in [1.165, 1.54) is 11.1 Å². The minimum absolute atomic E-state index is 0.0221. The summed E-state index contributed by atoms with van der Waals surface area (Å²) in [4.78, 5) is 12.1. The molecule has 4 nitrogen and oxygen atoms in total. The van der Waals surface area contributed by atoms with Crippen molar-refractivity contribution in [2.45, 2.75) is 26.8 Å². The lowest BCUT2D eigenvalue weighted by molar-refractivity contribution is -0.116. The highest BCUT2D eigenvalue weighted by atomic mass is 16.5. The van der Waals surface area contributed by atoms with Crippen LogP contribution >= 0.6 is 0 Å². The van der Waals surface area contributed by atoms with Gasteiger partial charge in [0.15, 0.2) is 0 Å². The van der Waals surface area contributed by atoms with E-state index in [2.05, 4.69) is 29.7 Å². The highest BCUT2D eigenvalue weighted by molar-refractivity contribution is 5.92. The Balaban J connectivity index is 1.80. The molecule has 0 aliphatic heterocycles. The molecule has 2 aromatic carbocycles. The number of hydrogen-bond donors (Lipinski definition) is 2. The first-order chi connectivity index (χ1) is 11.1. The zero-order chi connectivity index (χ0) is 16.7. The van der Waals surface area contributed by atoms with Gasteiger partial charge in [-0.25, -0.2) is 0 Å². The minimum atomic E-state index is -0.0221. The number of nitrogens with one attached hydrogen (secondary N) is 2. The van der Waals surface area contributed by atoms with Crippen LogP contribution in [0.25, 0.3) is 0 Å². The SMILES string of the molecule is COc1ccc(C)cc1NC(=O)CCNCc1ccccc1C. The van der Waals surface area contributed by atoms with Gasteiger partial charge in [0.25, 0.3) is 0 Å². The standard InChI is InChI=1S/C19H24N2O2/c1-14-8-9-18(23-3)17(12-14)21-19(22)10-11-20-13-16-7-5-4-6-15(16)2/h4-9,12,20H,10-11,13H2,1-3H3,(H,21,22). The number of ether oxygens (including phenoxy) is 1. The fourth-order valence-electron chi connectivity index (χ4n) is 2.37. The lowest BCUT2D eigenvalue weighted by Crippen LogP contribution is -2.22. The summed E-state index contributed by atoms with van der Waals surface area (Å²) in [7, 11) is 1.60. The summed E-state index contributed by atoms with van der Waals surface area (Å²) >= 11 is 0. The first-order valence-corrected chi connectivity index (χ1v) is 7.80. The molecule has 0 saturated heterocycles. The molecule has 122 valence electrons. The van der Waals surface area contributed by atoms with Gasteiger partial charge in [-0.1, -0.05) is 30.3 Å². The summed E-state index contributed by atoms with van der Waals surface area (Å²) in [6.07, 6.45) is 0.420. The Labute approximate surface area is 137 Å². The van der Waals surface area contributed by atoms with Gasteiger partial charge in [-0.2, -0.15) is 0 Å². The van der Waals surface area contributed by atoms with E-state index in [9.17, 15) is 4.79 Å². The number of anilines is 1. The minimum Gasteiger partial charge on any atom is -0.495 e. The van der Waals surface area contributed by atoms with Crippen LogP contribution in [0.5, 0.6) is 5.75 Å². The Bertz CT molecular complexity index is 668. The Morgan fingerprint density at radius 2 is 1.91 bits per heavy atom. The fraction of sp³-hybridized carbons (Fsp3) is 0.316. The average Bonchev–Trinajstić information content (AvgIpc) is 2.53. The number of hydrogen-bond acceptors (Lipinski definition) is 3. The molecule has 0 radical (unpaired) electrons. The van der Waals surface area contributed by atoms with Gasteiger partial charge in [0.2, 0.25) is 5.91 Å².